The Morgan fingerprint density at radius 1 is 1.25 bits per heavy atom. The molecule has 2 N–H and O–H groups in total. The summed E-state index contributed by atoms with van der Waals surface area (Å²) in [4.78, 5) is 4.47. The molecule has 6 heteroatoms. The van der Waals surface area contributed by atoms with Crippen LogP contribution in [0.25, 0.3) is 11.0 Å². The van der Waals surface area contributed by atoms with Crippen LogP contribution in [0.5, 0.6) is 0 Å². The van der Waals surface area contributed by atoms with Crippen molar-refractivity contribution in [3.8, 4) is 0 Å². The van der Waals surface area contributed by atoms with E-state index in [2.05, 4.69) is 15.6 Å². The minimum atomic E-state index is -0.265. The fourth-order valence-corrected chi connectivity index (χ4v) is 2.48. The monoisotopic (exact) mass is 329 g/mol. The van der Waals surface area contributed by atoms with Crippen LogP contribution in [0.3, 0.4) is 0 Å². The van der Waals surface area contributed by atoms with Crippen molar-refractivity contribution in [2.75, 3.05) is 6.54 Å². The highest BCUT2D eigenvalue weighted by Gasteiger charge is 2.11. The highest BCUT2D eigenvalue weighted by molar-refractivity contribution is 5.83. The number of aliphatic imine (C=N–C) groups is 1. The lowest BCUT2D eigenvalue weighted by Crippen LogP contribution is -2.36. The molecule has 24 heavy (non-hydrogen) atoms. The smallest absolute Gasteiger partial charge is 0.192 e. The molecule has 5 nitrogen and oxygen atoms in total. The second kappa shape index (κ2) is 7.21. The molecule has 0 fully saturated rings. The van der Waals surface area contributed by atoms with Crippen LogP contribution in [0.4, 0.5) is 4.39 Å². The van der Waals surface area contributed by atoms with Gasteiger partial charge in [0.1, 0.15) is 29.5 Å². The lowest BCUT2D eigenvalue weighted by atomic mass is 10.1. The Bertz CT molecular complexity index is 837. The molecule has 2 aromatic heterocycles. The highest BCUT2D eigenvalue weighted by Crippen LogP contribution is 2.25. The first kappa shape index (κ1) is 16.1. The summed E-state index contributed by atoms with van der Waals surface area (Å²) in [6.45, 7) is 5.58. The molecule has 0 spiro atoms. The summed E-state index contributed by atoms with van der Waals surface area (Å²) in [7, 11) is 0. The molecular formula is C18H20FN3O2. The predicted molar refractivity (Wildman–Crippen MR) is 91.3 cm³/mol. The minimum absolute atomic E-state index is 0.265. The van der Waals surface area contributed by atoms with Crippen LogP contribution in [0.15, 0.2) is 50.4 Å². The van der Waals surface area contributed by atoms with Gasteiger partial charge in [-0.1, -0.05) is 0 Å². The van der Waals surface area contributed by atoms with Crippen molar-refractivity contribution in [1.29, 1.82) is 0 Å². The zero-order valence-corrected chi connectivity index (χ0v) is 13.7. The number of halogens is 1. The van der Waals surface area contributed by atoms with Gasteiger partial charge in [-0.25, -0.2) is 9.38 Å². The Labute approximate surface area is 139 Å². The van der Waals surface area contributed by atoms with Crippen molar-refractivity contribution in [1.82, 2.24) is 10.6 Å². The molecule has 0 radical (unpaired) electrons. The molecular weight excluding hydrogens is 309 g/mol. The first-order valence-electron chi connectivity index (χ1n) is 7.89. The maximum absolute atomic E-state index is 13.4. The van der Waals surface area contributed by atoms with Gasteiger partial charge in [-0.2, -0.15) is 0 Å². The molecule has 0 aliphatic rings. The van der Waals surface area contributed by atoms with Crippen molar-refractivity contribution in [3.05, 3.63) is 59.5 Å². The fraction of sp³-hybridized carbons (Fsp3) is 0.278. The Morgan fingerprint density at radius 2 is 2.12 bits per heavy atom. The van der Waals surface area contributed by atoms with Gasteiger partial charge >= 0.3 is 0 Å². The SMILES string of the molecule is CCNC(=NCc1ccco1)NCc1oc2ccc(F)cc2c1C. The number of rotatable bonds is 5. The summed E-state index contributed by atoms with van der Waals surface area (Å²) < 4.78 is 24.5. The first-order chi connectivity index (χ1) is 11.7. The largest absolute Gasteiger partial charge is 0.467 e. The van der Waals surface area contributed by atoms with Gasteiger partial charge in [0.2, 0.25) is 0 Å². The van der Waals surface area contributed by atoms with Crippen LogP contribution in [-0.2, 0) is 13.1 Å². The van der Waals surface area contributed by atoms with Crippen LogP contribution in [0.2, 0.25) is 0 Å². The molecule has 0 unspecified atom stereocenters. The number of hydrogen-bond acceptors (Lipinski definition) is 3. The summed E-state index contributed by atoms with van der Waals surface area (Å²) in [6.07, 6.45) is 1.63. The molecule has 0 bridgehead atoms. The average Bonchev–Trinajstić information content (AvgIpc) is 3.19. The molecule has 0 aliphatic heterocycles. The maximum atomic E-state index is 13.4. The molecule has 2 heterocycles. The molecule has 3 aromatic rings. The third-order valence-electron chi connectivity index (χ3n) is 3.73. The minimum Gasteiger partial charge on any atom is -0.467 e. The summed E-state index contributed by atoms with van der Waals surface area (Å²) in [5, 5.41) is 7.19. The van der Waals surface area contributed by atoms with E-state index in [1.807, 2.05) is 26.0 Å². The van der Waals surface area contributed by atoms with E-state index in [0.29, 0.717) is 24.6 Å². The number of furan rings is 2. The van der Waals surface area contributed by atoms with Gasteiger partial charge in [0.15, 0.2) is 5.96 Å². The molecule has 1 aromatic carbocycles. The number of guanidine groups is 1. The van der Waals surface area contributed by atoms with E-state index < -0.39 is 0 Å². The van der Waals surface area contributed by atoms with Crippen molar-refractivity contribution in [2.24, 2.45) is 4.99 Å². The van der Waals surface area contributed by atoms with E-state index in [1.54, 1.807) is 12.3 Å². The third kappa shape index (κ3) is 3.59. The molecule has 0 aliphatic carbocycles. The number of fused-ring (bicyclic) bond motifs is 1. The standard InChI is InChI=1S/C18H20FN3O2/c1-3-20-18(21-10-14-5-4-8-23-14)22-11-17-12(2)15-9-13(19)6-7-16(15)24-17/h4-9H,3,10-11H2,1-2H3,(H2,20,21,22). The molecule has 3 rings (SSSR count). The fourth-order valence-electron chi connectivity index (χ4n) is 2.48. The third-order valence-corrected chi connectivity index (χ3v) is 3.73. The Hall–Kier alpha value is -2.76. The van der Waals surface area contributed by atoms with E-state index in [9.17, 15) is 4.39 Å². The van der Waals surface area contributed by atoms with Gasteiger partial charge in [-0.05, 0) is 44.2 Å². The summed E-state index contributed by atoms with van der Waals surface area (Å²) in [5.74, 6) is 1.96. The number of hydrogen-bond donors (Lipinski definition) is 2. The molecule has 0 amide bonds. The molecule has 0 saturated carbocycles. The highest BCUT2D eigenvalue weighted by atomic mass is 19.1. The number of nitrogens with one attached hydrogen (secondary N) is 2. The lowest BCUT2D eigenvalue weighted by Gasteiger charge is -2.10. The summed E-state index contributed by atoms with van der Waals surface area (Å²) in [6, 6.07) is 8.26. The van der Waals surface area contributed by atoms with Crippen LogP contribution < -0.4 is 10.6 Å². The van der Waals surface area contributed by atoms with Gasteiger partial charge in [0, 0.05) is 17.5 Å². The van der Waals surface area contributed by atoms with E-state index in [0.717, 1.165) is 29.0 Å². The molecule has 0 saturated heterocycles. The van der Waals surface area contributed by atoms with Gasteiger partial charge < -0.3 is 19.5 Å². The predicted octanol–water partition coefficient (Wildman–Crippen LogP) is 3.73. The van der Waals surface area contributed by atoms with Crippen LogP contribution in [-0.4, -0.2) is 12.5 Å². The van der Waals surface area contributed by atoms with E-state index in [1.165, 1.54) is 12.1 Å². The van der Waals surface area contributed by atoms with E-state index in [-0.39, 0.29) is 5.82 Å². The molecule has 0 atom stereocenters. The van der Waals surface area contributed by atoms with Crippen LogP contribution in [0.1, 0.15) is 24.0 Å². The molecule has 126 valence electrons. The Kier molecular flexibility index (Phi) is 4.84. The van der Waals surface area contributed by atoms with Gasteiger partial charge in [0.25, 0.3) is 0 Å². The number of aryl methyl sites for hydroxylation is 1. The zero-order chi connectivity index (χ0) is 16.9. The second-order valence-electron chi connectivity index (χ2n) is 5.42. The van der Waals surface area contributed by atoms with Crippen molar-refractivity contribution in [2.45, 2.75) is 26.9 Å². The van der Waals surface area contributed by atoms with Gasteiger partial charge in [-0.3, -0.25) is 0 Å². The van der Waals surface area contributed by atoms with Crippen LogP contribution >= 0.6 is 0 Å². The topological polar surface area (TPSA) is 62.7 Å². The van der Waals surface area contributed by atoms with Gasteiger partial charge in [-0.15, -0.1) is 0 Å². The summed E-state index contributed by atoms with van der Waals surface area (Å²) >= 11 is 0. The van der Waals surface area contributed by atoms with Crippen molar-refractivity contribution >= 4 is 16.9 Å². The Balaban J connectivity index is 1.72. The lowest BCUT2D eigenvalue weighted by molar-refractivity contribution is 0.510. The zero-order valence-electron chi connectivity index (χ0n) is 13.7. The normalized spacial score (nSPS) is 11.9. The van der Waals surface area contributed by atoms with Gasteiger partial charge in [0.05, 0.1) is 12.8 Å². The summed E-state index contributed by atoms with van der Waals surface area (Å²) in [5.41, 5.74) is 1.61. The second-order valence-corrected chi connectivity index (χ2v) is 5.42. The van der Waals surface area contributed by atoms with E-state index in [4.69, 9.17) is 8.83 Å². The maximum Gasteiger partial charge on any atom is 0.192 e. The first-order valence-corrected chi connectivity index (χ1v) is 7.89. The average molecular weight is 329 g/mol. The Morgan fingerprint density at radius 3 is 2.88 bits per heavy atom. The number of benzene rings is 1. The number of nitrogens with zero attached hydrogens (tertiary/aromatic N) is 1. The van der Waals surface area contributed by atoms with Crippen molar-refractivity contribution in [3.63, 3.8) is 0 Å². The quantitative estimate of drug-likeness (QED) is 0.553. The van der Waals surface area contributed by atoms with E-state index >= 15 is 0 Å². The van der Waals surface area contributed by atoms with Crippen molar-refractivity contribution < 1.29 is 13.2 Å². The van der Waals surface area contributed by atoms with Crippen LogP contribution in [0, 0.1) is 12.7 Å².